The normalized spacial score (nSPS) is 31.4. The molecule has 2 aliphatic rings. The molecule has 0 heterocycles. The summed E-state index contributed by atoms with van der Waals surface area (Å²) in [7, 11) is 1.28. The summed E-state index contributed by atoms with van der Waals surface area (Å²) >= 11 is 0. The van der Waals surface area contributed by atoms with Crippen molar-refractivity contribution in [1.82, 2.24) is 0 Å². The molecule has 0 aliphatic heterocycles. The van der Waals surface area contributed by atoms with E-state index in [1.807, 2.05) is 0 Å². The molecule has 2 saturated carbocycles. The third-order valence-electron chi connectivity index (χ3n) is 5.54. The van der Waals surface area contributed by atoms with Crippen LogP contribution in [0.3, 0.4) is 0 Å². The zero-order chi connectivity index (χ0) is 15.7. The lowest BCUT2D eigenvalue weighted by atomic mass is 9.64. The molecule has 0 radical (unpaired) electrons. The van der Waals surface area contributed by atoms with E-state index in [1.54, 1.807) is 0 Å². The van der Waals surface area contributed by atoms with Gasteiger partial charge in [-0.15, -0.1) is 0 Å². The Morgan fingerprint density at radius 2 is 1.68 bits per heavy atom. The van der Waals surface area contributed by atoms with Crippen molar-refractivity contribution >= 4 is 6.29 Å². The number of carbonyl (C=O) groups excluding carboxylic acids is 1. The lowest BCUT2D eigenvalue weighted by Gasteiger charge is -2.41. The van der Waals surface area contributed by atoms with E-state index in [-0.39, 0.29) is 17.6 Å². The predicted molar refractivity (Wildman–Crippen MR) is 79.9 cm³/mol. The minimum absolute atomic E-state index is 0.212. The Hall–Kier alpha value is -1.45. The molecule has 0 saturated heterocycles. The number of fused-ring (bicyclic) bond motifs is 1. The Labute approximate surface area is 129 Å². The Balaban J connectivity index is 1.74. The molecule has 1 aromatic rings. The van der Waals surface area contributed by atoms with Gasteiger partial charge in [0.2, 0.25) is 0 Å². The molecule has 2 fully saturated rings. The van der Waals surface area contributed by atoms with Gasteiger partial charge in [0.05, 0.1) is 7.11 Å². The summed E-state index contributed by atoms with van der Waals surface area (Å²) in [6.07, 6.45) is 7.07. The summed E-state index contributed by atoms with van der Waals surface area (Å²) in [6, 6.07) is 2.84. The van der Waals surface area contributed by atoms with Crippen molar-refractivity contribution in [1.29, 1.82) is 0 Å². The lowest BCUT2D eigenvalue weighted by molar-refractivity contribution is -0.113. The van der Waals surface area contributed by atoms with Crippen LogP contribution in [0.1, 0.15) is 50.0 Å². The largest absolute Gasteiger partial charge is 0.491 e. The van der Waals surface area contributed by atoms with Gasteiger partial charge in [0.1, 0.15) is 6.29 Å². The molecule has 0 bridgehead atoms. The molecule has 22 heavy (non-hydrogen) atoms. The maximum Gasteiger partial charge on any atom is 0.190 e. The van der Waals surface area contributed by atoms with E-state index in [1.165, 1.54) is 19.2 Å². The maximum atomic E-state index is 13.9. The second-order valence-electron chi connectivity index (χ2n) is 6.76. The van der Waals surface area contributed by atoms with Crippen LogP contribution >= 0.6 is 0 Å². The number of ether oxygens (including phenoxy) is 1. The number of methoxy groups -OCH3 is 1. The van der Waals surface area contributed by atoms with E-state index in [4.69, 9.17) is 4.74 Å². The summed E-state index contributed by atoms with van der Waals surface area (Å²) in [5, 5.41) is 0. The van der Waals surface area contributed by atoms with Gasteiger partial charge in [-0.25, -0.2) is 8.78 Å². The molecule has 4 unspecified atom stereocenters. The Bertz CT molecular complexity index is 535. The number of benzene rings is 1. The van der Waals surface area contributed by atoms with Crippen LogP contribution in [0.25, 0.3) is 0 Å². The molecule has 3 rings (SSSR count). The molecule has 0 spiro atoms. The Morgan fingerprint density at radius 3 is 2.32 bits per heavy atom. The summed E-state index contributed by atoms with van der Waals surface area (Å²) in [6.45, 7) is 0. The Morgan fingerprint density at radius 1 is 1.05 bits per heavy atom. The molecule has 0 aromatic heterocycles. The summed E-state index contributed by atoms with van der Waals surface area (Å²) in [5.41, 5.74) is 0.742. The first-order valence-corrected chi connectivity index (χ1v) is 8.10. The van der Waals surface area contributed by atoms with Gasteiger partial charge in [-0.1, -0.05) is 0 Å². The van der Waals surface area contributed by atoms with Crippen LogP contribution < -0.4 is 4.74 Å². The zero-order valence-electron chi connectivity index (χ0n) is 12.9. The van der Waals surface area contributed by atoms with Crippen LogP contribution in [0.2, 0.25) is 0 Å². The van der Waals surface area contributed by atoms with E-state index in [0.717, 1.165) is 50.4 Å². The van der Waals surface area contributed by atoms with Crippen molar-refractivity contribution in [2.75, 3.05) is 7.11 Å². The Kier molecular flexibility index (Phi) is 4.46. The van der Waals surface area contributed by atoms with Crippen LogP contribution in [-0.2, 0) is 4.79 Å². The molecule has 2 nitrogen and oxygen atoms in total. The van der Waals surface area contributed by atoms with Gasteiger partial charge in [0.25, 0.3) is 0 Å². The average Bonchev–Trinajstić information content (AvgIpc) is 2.53. The van der Waals surface area contributed by atoms with Gasteiger partial charge in [-0.05, 0) is 74.0 Å². The lowest BCUT2D eigenvalue weighted by Crippen LogP contribution is -2.31. The van der Waals surface area contributed by atoms with Crippen LogP contribution in [0, 0.1) is 29.4 Å². The van der Waals surface area contributed by atoms with Gasteiger partial charge in [-0.2, -0.15) is 0 Å². The predicted octanol–water partition coefficient (Wildman–Crippen LogP) is 4.47. The van der Waals surface area contributed by atoms with Gasteiger partial charge in [0, 0.05) is 5.92 Å². The van der Waals surface area contributed by atoms with E-state index < -0.39 is 11.6 Å². The topological polar surface area (TPSA) is 26.3 Å². The van der Waals surface area contributed by atoms with E-state index in [9.17, 15) is 13.6 Å². The third kappa shape index (κ3) is 2.88. The minimum atomic E-state index is -0.621. The highest BCUT2D eigenvalue weighted by molar-refractivity contribution is 5.53. The van der Waals surface area contributed by atoms with Crippen molar-refractivity contribution in [3.63, 3.8) is 0 Å². The second-order valence-corrected chi connectivity index (χ2v) is 6.76. The smallest absolute Gasteiger partial charge is 0.190 e. The summed E-state index contributed by atoms with van der Waals surface area (Å²) in [4.78, 5) is 11.0. The fourth-order valence-electron chi connectivity index (χ4n) is 4.36. The number of rotatable bonds is 3. The number of hydrogen-bond acceptors (Lipinski definition) is 2. The van der Waals surface area contributed by atoms with Gasteiger partial charge >= 0.3 is 0 Å². The molecule has 1 aromatic carbocycles. The van der Waals surface area contributed by atoms with Crippen molar-refractivity contribution < 1.29 is 18.3 Å². The fourth-order valence-corrected chi connectivity index (χ4v) is 4.36. The van der Waals surface area contributed by atoms with E-state index >= 15 is 0 Å². The first kappa shape index (κ1) is 15.4. The number of halogens is 2. The molecule has 0 N–H and O–H groups in total. The van der Waals surface area contributed by atoms with E-state index in [0.29, 0.717) is 11.8 Å². The van der Waals surface area contributed by atoms with Crippen molar-refractivity contribution in [3.05, 3.63) is 29.3 Å². The highest BCUT2D eigenvalue weighted by Gasteiger charge is 2.36. The van der Waals surface area contributed by atoms with Crippen LogP contribution in [-0.4, -0.2) is 13.4 Å². The molecule has 4 heteroatoms. The first-order chi connectivity index (χ1) is 10.6. The molecule has 0 amide bonds. The van der Waals surface area contributed by atoms with Crippen LogP contribution in [0.4, 0.5) is 8.78 Å². The number of carbonyl (C=O) groups is 1. The molecule has 4 atom stereocenters. The van der Waals surface area contributed by atoms with Gasteiger partial charge in [-0.3, -0.25) is 0 Å². The van der Waals surface area contributed by atoms with Gasteiger partial charge < -0.3 is 9.53 Å². The fraction of sp³-hybridized carbons (Fsp3) is 0.611. The highest BCUT2D eigenvalue weighted by Crippen LogP contribution is 2.47. The van der Waals surface area contributed by atoms with Crippen molar-refractivity contribution in [3.8, 4) is 5.75 Å². The molecule has 2 aliphatic carbocycles. The van der Waals surface area contributed by atoms with Crippen LogP contribution in [0.15, 0.2) is 12.1 Å². The highest BCUT2D eigenvalue weighted by atomic mass is 19.1. The van der Waals surface area contributed by atoms with Crippen LogP contribution in [0.5, 0.6) is 5.75 Å². The molecule has 120 valence electrons. The molecular formula is C18H22F2O2. The summed E-state index contributed by atoms with van der Waals surface area (Å²) < 4.78 is 32.5. The quantitative estimate of drug-likeness (QED) is 0.770. The zero-order valence-corrected chi connectivity index (χ0v) is 12.9. The first-order valence-electron chi connectivity index (χ1n) is 8.10. The van der Waals surface area contributed by atoms with Gasteiger partial charge in [0.15, 0.2) is 17.4 Å². The standard InChI is InChI=1S/C18H22F2O2/c1-22-18-16(19)8-15(9-17(18)20)14-5-4-12-6-11(10-21)2-3-13(12)7-14/h8-14H,2-7H2,1H3. The van der Waals surface area contributed by atoms with E-state index in [2.05, 4.69) is 0 Å². The summed E-state index contributed by atoms with van der Waals surface area (Å²) in [5.74, 6) is 0.0754. The maximum absolute atomic E-state index is 13.9. The monoisotopic (exact) mass is 308 g/mol. The van der Waals surface area contributed by atoms with Crippen molar-refractivity contribution in [2.24, 2.45) is 17.8 Å². The van der Waals surface area contributed by atoms with Crippen molar-refractivity contribution in [2.45, 2.75) is 44.4 Å². The molecular weight excluding hydrogens is 286 g/mol. The number of aldehydes is 1. The minimum Gasteiger partial charge on any atom is -0.491 e. The number of hydrogen-bond donors (Lipinski definition) is 0. The SMILES string of the molecule is COc1c(F)cc(C2CCC3CC(C=O)CCC3C2)cc1F. The third-order valence-corrected chi connectivity index (χ3v) is 5.54. The second kappa shape index (κ2) is 6.35. The average molecular weight is 308 g/mol.